The molecule has 1 saturated heterocycles. The van der Waals surface area contributed by atoms with Gasteiger partial charge in [-0.3, -0.25) is 0 Å². The molecule has 4 aromatic rings. The quantitative estimate of drug-likeness (QED) is 0.449. The van der Waals surface area contributed by atoms with Gasteiger partial charge in [0, 0.05) is 41.6 Å². The lowest BCUT2D eigenvalue weighted by atomic mass is 10.1. The van der Waals surface area contributed by atoms with Gasteiger partial charge in [0.15, 0.2) is 0 Å². The maximum Gasteiger partial charge on any atom is 0.143 e. The van der Waals surface area contributed by atoms with Crippen LogP contribution in [-0.2, 0) is 4.74 Å². The molecule has 0 aliphatic carbocycles. The topological polar surface area (TPSA) is 59.1 Å². The lowest BCUT2D eigenvalue weighted by molar-refractivity contribution is 0.0904. The number of fused-ring (bicyclic) bond motifs is 1. The molecule has 0 spiro atoms. The van der Waals surface area contributed by atoms with Gasteiger partial charge >= 0.3 is 0 Å². The van der Waals surface area contributed by atoms with Crippen molar-refractivity contribution in [1.29, 1.82) is 0 Å². The third-order valence-electron chi connectivity index (χ3n) is 5.19. The van der Waals surface area contributed by atoms with E-state index < -0.39 is 0 Å². The number of ether oxygens (including phenoxy) is 1. The highest BCUT2D eigenvalue weighted by Crippen LogP contribution is 2.37. The Hall–Kier alpha value is -2.96. The number of nitrogens with one attached hydrogen (secondary N) is 2. The second kappa shape index (κ2) is 8.19. The third kappa shape index (κ3) is 3.95. The maximum absolute atomic E-state index is 5.43. The Morgan fingerprint density at radius 3 is 2.45 bits per heavy atom. The Morgan fingerprint density at radius 2 is 1.66 bits per heavy atom. The van der Waals surface area contributed by atoms with E-state index in [1.807, 2.05) is 6.07 Å². The monoisotopic (exact) mass is 402 g/mol. The van der Waals surface area contributed by atoms with Crippen LogP contribution in [0.3, 0.4) is 0 Å². The lowest BCUT2D eigenvalue weighted by Crippen LogP contribution is -2.27. The average Bonchev–Trinajstić information content (AvgIpc) is 3.22. The molecule has 0 radical (unpaired) electrons. The standard InChI is InChI=1S/C23H22N4OS/c1-2-4-16(5-3-1)20-14-29-23-21(20)22(24-15-25-23)27-18-8-6-17(7-9-18)26-19-10-12-28-13-11-19/h1-9,14-15,19,26H,10-13H2,(H,24,25,27). The Balaban J connectivity index is 1.39. The largest absolute Gasteiger partial charge is 0.382 e. The van der Waals surface area contributed by atoms with Crippen molar-refractivity contribution in [2.24, 2.45) is 0 Å². The van der Waals surface area contributed by atoms with Crippen LogP contribution in [0.1, 0.15) is 12.8 Å². The predicted molar refractivity (Wildman–Crippen MR) is 120 cm³/mol. The van der Waals surface area contributed by atoms with Crippen LogP contribution in [-0.4, -0.2) is 29.2 Å². The Morgan fingerprint density at radius 1 is 0.897 bits per heavy atom. The highest BCUT2D eigenvalue weighted by Gasteiger charge is 2.14. The summed E-state index contributed by atoms with van der Waals surface area (Å²) in [6, 6.07) is 19.3. The number of rotatable bonds is 5. The average molecular weight is 403 g/mol. The van der Waals surface area contributed by atoms with Gasteiger partial charge in [-0.15, -0.1) is 11.3 Å². The number of anilines is 3. The van der Waals surface area contributed by atoms with Crippen LogP contribution in [0.2, 0.25) is 0 Å². The van der Waals surface area contributed by atoms with E-state index in [-0.39, 0.29) is 0 Å². The van der Waals surface area contributed by atoms with Crippen molar-refractivity contribution in [2.75, 3.05) is 23.8 Å². The second-order valence-electron chi connectivity index (χ2n) is 7.15. The molecule has 0 unspecified atom stereocenters. The molecule has 0 atom stereocenters. The minimum Gasteiger partial charge on any atom is -0.382 e. The van der Waals surface area contributed by atoms with Gasteiger partial charge in [0.05, 0.1) is 5.39 Å². The fraction of sp³-hybridized carbons (Fsp3) is 0.217. The molecule has 2 aromatic carbocycles. The highest BCUT2D eigenvalue weighted by molar-refractivity contribution is 7.17. The zero-order valence-electron chi connectivity index (χ0n) is 16.0. The number of hydrogen-bond donors (Lipinski definition) is 2. The van der Waals surface area contributed by atoms with Crippen LogP contribution in [0.15, 0.2) is 66.3 Å². The molecular weight excluding hydrogens is 380 g/mol. The Bertz CT molecular complexity index is 1090. The third-order valence-corrected chi connectivity index (χ3v) is 6.08. The number of benzene rings is 2. The maximum atomic E-state index is 5.43. The van der Waals surface area contributed by atoms with E-state index >= 15 is 0 Å². The molecule has 5 rings (SSSR count). The molecule has 2 N–H and O–H groups in total. The molecule has 0 bridgehead atoms. The van der Waals surface area contributed by atoms with Crippen molar-refractivity contribution in [3.63, 3.8) is 0 Å². The summed E-state index contributed by atoms with van der Waals surface area (Å²) in [6.45, 7) is 1.68. The fourth-order valence-electron chi connectivity index (χ4n) is 3.66. The SMILES string of the molecule is c1ccc(-c2csc3ncnc(Nc4ccc(NC5CCOCC5)cc4)c23)cc1. The first-order valence-corrected chi connectivity index (χ1v) is 10.7. The molecule has 1 aliphatic heterocycles. The normalized spacial score (nSPS) is 14.8. The minimum absolute atomic E-state index is 0.489. The summed E-state index contributed by atoms with van der Waals surface area (Å²) in [5.74, 6) is 0.834. The van der Waals surface area contributed by atoms with Crippen molar-refractivity contribution in [3.8, 4) is 11.1 Å². The highest BCUT2D eigenvalue weighted by atomic mass is 32.1. The van der Waals surface area contributed by atoms with Gasteiger partial charge in [-0.25, -0.2) is 9.97 Å². The van der Waals surface area contributed by atoms with Gasteiger partial charge in [-0.2, -0.15) is 0 Å². The lowest BCUT2D eigenvalue weighted by Gasteiger charge is -2.24. The van der Waals surface area contributed by atoms with E-state index in [2.05, 4.69) is 74.5 Å². The first-order valence-electron chi connectivity index (χ1n) is 9.86. The molecule has 5 nitrogen and oxygen atoms in total. The molecule has 6 heteroatoms. The van der Waals surface area contributed by atoms with Crippen LogP contribution in [0.4, 0.5) is 17.2 Å². The van der Waals surface area contributed by atoms with Crippen molar-refractivity contribution in [2.45, 2.75) is 18.9 Å². The second-order valence-corrected chi connectivity index (χ2v) is 8.01. The van der Waals surface area contributed by atoms with Gasteiger partial charge in [0.25, 0.3) is 0 Å². The smallest absolute Gasteiger partial charge is 0.143 e. The summed E-state index contributed by atoms with van der Waals surface area (Å²) >= 11 is 1.64. The van der Waals surface area contributed by atoms with Crippen molar-refractivity contribution < 1.29 is 4.74 Å². The molecule has 146 valence electrons. The predicted octanol–water partition coefficient (Wildman–Crippen LogP) is 5.69. The number of hydrogen-bond acceptors (Lipinski definition) is 6. The first kappa shape index (κ1) is 18.1. The fourth-order valence-corrected chi connectivity index (χ4v) is 4.58. The van der Waals surface area contributed by atoms with Gasteiger partial charge < -0.3 is 15.4 Å². The van der Waals surface area contributed by atoms with E-state index in [0.29, 0.717) is 6.04 Å². The summed E-state index contributed by atoms with van der Waals surface area (Å²) in [5.41, 5.74) is 4.47. The van der Waals surface area contributed by atoms with Gasteiger partial charge in [0.2, 0.25) is 0 Å². The number of nitrogens with zero attached hydrogens (tertiary/aromatic N) is 2. The van der Waals surface area contributed by atoms with Gasteiger partial charge in [0.1, 0.15) is 17.0 Å². The van der Waals surface area contributed by atoms with Crippen molar-refractivity contribution >= 4 is 38.7 Å². The van der Waals surface area contributed by atoms with Gasteiger partial charge in [-0.05, 0) is 42.7 Å². The van der Waals surface area contributed by atoms with E-state index in [1.54, 1.807) is 17.7 Å². The van der Waals surface area contributed by atoms with Crippen molar-refractivity contribution in [1.82, 2.24) is 9.97 Å². The molecular formula is C23H22N4OS. The zero-order chi connectivity index (χ0) is 19.5. The summed E-state index contributed by atoms with van der Waals surface area (Å²) in [5, 5.41) is 10.3. The van der Waals surface area contributed by atoms with E-state index in [1.165, 1.54) is 5.56 Å². The molecule has 2 aromatic heterocycles. The molecule has 1 fully saturated rings. The number of aromatic nitrogens is 2. The summed E-state index contributed by atoms with van der Waals surface area (Å²) in [6.07, 6.45) is 3.73. The van der Waals surface area contributed by atoms with Crippen LogP contribution < -0.4 is 10.6 Å². The van der Waals surface area contributed by atoms with Gasteiger partial charge in [-0.1, -0.05) is 30.3 Å². The summed E-state index contributed by atoms with van der Waals surface area (Å²) in [7, 11) is 0. The molecule has 29 heavy (non-hydrogen) atoms. The molecule has 3 heterocycles. The van der Waals surface area contributed by atoms with E-state index in [4.69, 9.17) is 4.74 Å². The molecule has 0 amide bonds. The van der Waals surface area contributed by atoms with Crippen molar-refractivity contribution in [3.05, 3.63) is 66.3 Å². The Kier molecular flexibility index (Phi) is 5.11. The summed E-state index contributed by atoms with van der Waals surface area (Å²) < 4.78 is 5.43. The Labute approximate surface area is 173 Å². The summed E-state index contributed by atoms with van der Waals surface area (Å²) in [4.78, 5) is 9.97. The minimum atomic E-state index is 0.489. The van der Waals surface area contributed by atoms with E-state index in [0.717, 1.165) is 59.0 Å². The molecule has 1 aliphatic rings. The molecule has 0 saturated carbocycles. The van der Waals surface area contributed by atoms with E-state index in [9.17, 15) is 0 Å². The zero-order valence-corrected chi connectivity index (χ0v) is 16.8. The van der Waals surface area contributed by atoms with Crippen LogP contribution >= 0.6 is 11.3 Å². The van der Waals surface area contributed by atoms with Crippen LogP contribution in [0.5, 0.6) is 0 Å². The first-order chi connectivity index (χ1) is 14.4. The van der Waals surface area contributed by atoms with Crippen LogP contribution in [0, 0.1) is 0 Å². The van der Waals surface area contributed by atoms with Crippen LogP contribution in [0.25, 0.3) is 21.3 Å². The number of thiophene rings is 1.